The lowest BCUT2D eigenvalue weighted by atomic mass is 10.2. The van der Waals surface area contributed by atoms with Crippen molar-refractivity contribution in [2.75, 3.05) is 18.9 Å². The highest BCUT2D eigenvalue weighted by atomic mass is 127. The van der Waals surface area contributed by atoms with Crippen LogP contribution in [0, 0.1) is 3.57 Å². The van der Waals surface area contributed by atoms with E-state index < -0.39 is 13.9 Å². The van der Waals surface area contributed by atoms with Crippen molar-refractivity contribution in [2.45, 2.75) is 70.7 Å². The number of halogens is 1. The number of aromatic nitrogens is 3. The summed E-state index contributed by atoms with van der Waals surface area (Å²) in [5, 5.41) is 3.08. The van der Waals surface area contributed by atoms with E-state index in [9.17, 15) is 4.79 Å². The number of benzene rings is 2. The lowest BCUT2D eigenvalue weighted by Gasteiger charge is -2.44. The third kappa shape index (κ3) is 5.80. The number of nitrogen functional groups attached to an aromatic ring is 1. The Balaban J connectivity index is 1.54. The fourth-order valence-corrected chi connectivity index (χ4v) is 11.5. The van der Waals surface area contributed by atoms with Gasteiger partial charge in [-0.3, -0.25) is 0 Å². The minimum absolute atomic E-state index is 0.0226. The van der Waals surface area contributed by atoms with Crippen molar-refractivity contribution in [2.24, 2.45) is 0 Å². The molecule has 1 amide bonds. The molecule has 3 heterocycles. The number of nitrogens with zero attached hydrogens (tertiary/aromatic N) is 4. The highest BCUT2D eigenvalue weighted by molar-refractivity contribution is 14.1. The molecule has 0 saturated carbocycles. The molecular formula is C32H40IN5O3Si. The summed E-state index contributed by atoms with van der Waals surface area (Å²) in [4.78, 5) is 24.2. The molecule has 0 bridgehead atoms. The van der Waals surface area contributed by atoms with Crippen molar-refractivity contribution in [3.05, 3.63) is 76.8 Å². The van der Waals surface area contributed by atoms with Crippen molar-refractivity contribution in [1.29, 1.82) is 0 Å². The summed E-state index contributed by atoms with van der Waals surface area (Å²) < 4.78 is 16.3. The zero-order valence-corrected chi connectivity index (χ0v) is 28.3. The van der Waals surface area contributed by atoms with E-state index in [0.29, 0.717) is 25.4 Å². The number of hydrogen-bond donors (Lipinski definition) is 1. The SMILES string of the molecule is CC(C)(C)OC(=O)N1CC(n2cc(I)c3c(N)ncnc32)CC1CO[Si](c1ccccc1)(c1ccccc1)C(C)(C)C. The predicted octanol–water partition coefficient (Wildman–Crippen LogP) is 5.75. The number of ether oxygens (including phenoxy) is 1. The molecule has 0 radical (unpaired) electrons. The Morgan fingerprint density at radius 1 is 1.00 bits per heavy atom. The van der Waals surface area contributed by atoms with E-state index in [-0.39, 0.29) is 23.2 Å². The van der Waals surface area contributed by atoms with Gasteiger partial charge in [-0.2, -0.15) is 0 Å². The van der Waals surface area contributed by atoms with Gasteiger partial charge in [-0.1, -0.05) is 81.4 Å². The van der Waals surface area contributed by atoms with Gasteiger partial charge in [0.1, 0.15) is 23.4 Å². The second kappa shape index (κ2) is 11.6. The molecule has 42 heavy (non-hydrogen) atoms. The molecule has 2 aromatic heterocycles. The molecule has 8 nitrogen and oxygen atoms in total. The highest BCUT2D eigenvalue weighted by Crippen LogP contribution is 2.39. The van der Waals surface area contributed by atoms with Crippen LogP contribution in [0.4, 0.5) is 10.6 Å². The number of nitrogens with two attached hydrogens (primary N) is 1. The van der Waals surface area contributed by atoms with Crippen molar-refractivity contribution >= 4 is 64.2 Å². The van der Waals surface area contributed by atoms with Crippen LogP contribution in [0.1, 0.15) is 54.0 Å². The number of amides is 1. The Bertz CT molecular complexity index is 1510. The molecule has 10 heteroatoms. The first-order valence-corrected chi connectivity index (χ1v) is 17.3. The largest absolute Gasteiger partial charge is 0.444 e. The molecule has 2 unspecified atom stereocenters. The summed E-state index contributed by atoms with van der Waals surface area (Å²) in [5.41, 5.74) is 6.38. The van der Waals surface area contributed by atoms with E-state index in [1.807, 2.05) is 37.8 Å². The smallest absolute Gasteiger partial charge is 0.410 e. The highest BCUT2D eigenvalue weighted by Gasteiger charge is 2.51. The minimum Gasteiger partial charge on any atom is -0.444 e. The standard InChI is InChI=1S/C32H40IN5O3Si/c1-31(2,3)41-30(39)38-18-22(37-19-26(33)27-28(34)35-21-36-29(27)37)17-23(38)20-40-42(32(4,5)6,24-13-9-7-10-14-24)25-15-11-8-12-16-25/h7-16,19,21-23H,17-18,20H2,1-6H3,(H2,34,35,36). The summed E-state index contributed by atoms with van der Waals surface area (Å²) in [6.07, 6.45) is 3.91. The van der Waals surface area contributed by atoms with Crippen LogP contribution in [0.2, 0.25) is 5.04 Å². The van der Waals surface area contributed by atoms with Crippen LogP contribution in [-0.4, -0.2) is 58.6 Å². The van der Waals surface area contributed by atoms with E-state index in [0.717, 1.165) is 14.6 Å². The fourth-order valence-electron chi connectivity index (χ4n) is 6.12. The molecule has 0 spiro atoms. The maximum atomic E-state index is 13.6. The molecule has 222 valence electrons. The molecule has 2 atom stereocenters. The van der Waals surface area contributed by atoms with Crippen molar-refractivity contribution in [1.82, 2.24) is 19.4 Å². The second-order valence-electron chi connectivity index (χ2n) is 13.0. The molecule has 1 fully saturated rings. The first kappa shape index (κ1) is 30.5. The molecular weight excluding hydrogens is 657 g/mol. The summed E-state index contributed by atoms with van der Waals surface area (Å²) in [6, 6.07) is 20.9. The molecule has 2 aromatic carbocycles. The van der Waals surface area contributed by atoms with Crippen molar-refractivity contribution < 1.29 is 14.0 Å². The zero-order valence-electron chi connectivity index (χ0n) is 25.2. The Morgan fingerprint density at radius 3 is 2.14 bits per heavy atom. The number of hydrogen-bond acceptors (Lipinski definition) is 6. The second-order valence-corrected chi connectivity index (χ2v) is 18.5. The van der Waals surface area contributed by atoms with Crippen molar-refractivity contribution in [3.63, 3.8) is 0 Å². The van der Waals surface area contributed by atoms with Gasteiger partial charge in [0.15, 0.2) is 0 Å². The van der Waals surface area contributed by atoms with Gasteiger partial charge in [0.05, 0.1) is 24.1 Å². The van der Waals surface area contributed by atoms with Crippen LogP contribution < -0.4 is 16.1 Å². The Morgan fingerprint density at radius 2 is 1.60 bits per heavy atom. The van der Waals surface area contributed by atoms with E-state index in [1.54, 1.807) is 0 Å². The Hall–Kier alpha value is -2.96. The Kier molecular flexibility index (Phi) is 8.43. The monoisotopic (exact) mass is 697 g/mol. The topological polar surface area (TPSA) is 95.5 Å². The third-order valence-electron chi connectivity index (χ3n) is 7.92. The molecule has 2 N–H and O–H groups in total. The molecule has 0 aliphatic carbocycles. The minimum atomic E-state index is -2.80. The first-order valence-electron chi connectivity index (χ1n) is 14.3. The van der Waals surface area contributed by atoms with Crippen LogP contribution in [0.5, 0.6) is 0 Å². The van der Waals surface area contributed by atoms with E-state index in [2.05, 4.69) is 113 Å². The van der Waals surface area contributed by atoms with E-state index in [4.69, 9.17) is 14.9 Å². The average molecular weight is 698 g/mol. The molecule has 4 aromatic rings. The van der Waals surface area contributed by atoms with E-state index >= 15 is 0 Å². The van der Waals surface area contributed by atoms with Gasteiger partial charge in [-0.25, -0.2) is 14.8 Å². The average Bonchev–Trinajstić information content (AvgIpc) is 3.50. The van der Waals surface area contributed by atoms with Gasteiger partial charge in [0, 0.05) is 16.3 Å². The Labute approximate surface area is 262 Å². The summed E-state index contributed by atoms with van der Waals surface area (Å²) >= 11 is 2.28. The van der Waals surface area contributed by atoms with Crippen LogP contribution in [0.3, 0.4) is 0 Å². The van der Waals surface area contributed by atoms with Gasteiger partial charge < -0.3 is 24.4 Å². The van der Waals surface area contributed by atoms with Crippen LogP contribution in [0.15, 0.2) is 73.2 Å². The number of likely N-dealkylation sites (tertiary alicyclic amines) is 1. The maximum absolute atomic E-state index is 13.6. The maximum Gasteiger partial charge on any atom is 0.410 e. The normalized spacial score (nSPS) is 18.0. The predicted molar refractivity (Wildman–Crippen MR) is 179 cm³/mol. The first-order chi connectivity index (χ1) is 19.8. The van der Waals surface area contributed by atoms with Gasteiger partial charge in [0.2, 0.25) is 0 Å². The number of anilines is 1. The lowest BCUT2D eigenvalue weighted by molar-refractivity contribution is 0.0180. The number of carbonyl (C=O) groups is 1. The van der Waals surface area contributed by atoms with Gasteiger partial charge >= 0.3 is 6.09 Å². The van der Waals surface area contributed by atoms with Crippen LogP contribution in [-0.2, 0) is 9.16 Å². The molecule has 1 aliphatic rings. The molecule has 1 aliphatic heterocycles. The van der Waals surface area contributed by atoms with Crippen LogP contribution >= 0.6 is 22.6 Å². The van der Waals surface area contributed by atoms with Gasteiger partial charge in [-0.05, 0) is 65.2 Å². The fraction of sp³-hybridized carbons (Fsp3) is 0.406. The molecule has 1 saturated heterocycles. The van der Waals surface area contributed by atoms with Gasteiger partial charge in [0.25, 0.3) is 8.32 Å². The molecule has 5 rings (SSSR count). The number of rotatable bonds is 6. The number of carbonyl (C=O) groups excluding carboxylic acids is 1. The summed E-state index contributed by atoms with van der Waals surface area (Å²) in [6.45, 7) is 13.3. The third-order valence-corrected chi connectivity index (χ3v) is 13.7. The zero-order chi connectivity index (χ0) is 30.3. The number of fused-ring (bicyclic) bond motifs is 1. The van der Waals surface area contributed by atoms with Crippen LogP contribution in [0.25, 0.3) is 11.0 Å². The summed E-state index contributed by atoms with van der Waals surface area (Å²) in [5.74, 6) is 0.455. The summed E-state index contributed by atoms with van der Waals surface area (Å²) in [7, 11) is -2.80. The van der Waals surface area contributed by atoms with E-state index in [1.165, 1.54) is 16.7 Å². The lowest BCUT2D eigenvalue weighted by Crippen LogP contribution is -2.67. The quantitative estimate of drug-likeness (QED) is 0.204. The van der Waals surface area contributed by atoms with Crippen molar-refractivity contribution in [3.8, 4) is 0 Å². The van der Waals surface area contributed by atoms with Gasteiger partial charge in [-0.15, -0.1) is 0 Å².